The summed E-state index contributed by atoms with van der Waals surface area (Å²) in [6, 6.07) is 18.6. The minimum Gasteiger partial charge on any atom is -0.406 e. The lowest BCUT2D eigenvalue weighted by Gasteiger charge is -2.42. The predicted octanol–water partition coefficient (Wildman–Crippen LogP) is 6.18. The standard InChI is InChI=1S/C25H19ClF3N3O3/c1-23(2)24(34,17-4-3-5-21(14-17)35-25(27,28)29)32(20-12-8-18(26)9-13-20)22(33)31(23)19-10-6-16(15-30)7-11-19/h3-14,34H,1-2H3. The smallest absolute Gasteiger partial charge is 0.406 e. The molecule has 0 aliphatic carbocycles. The quantitative estimate of drug-likeness (QED) is 0.463. The Bertz CT molecular complexity index is 1300. The molecule has 1 heterocycles. The lowest BCUT2D eigenvalue weighted by atomic mass is 9.83. The van der Waals surface area contributed by atoms with E-state index in [1.54, 1.807) is 26.0 Å². The van der Waals surface area contributed by atoms with Gasteiger partial charge in [-0.1, -0.05) is 23.7 Å². The number of nitriles is 1. The third kappa shape index (κ3) is 4.16. The van der Waals surface area contributed by atoms with Gasteiger partial charge in [-0.2, -0.15) is 5.26 Å². The van der Waals surface area contributed by atoms with Crippen LogP contribution in [0, 0.1) is 11.3 Å². The van der Waals surface area contributed by atoms with E-state index in [0.717, 1.165) is 17.0 Å². The van der Waals surface area contributed by atoms with Crippen LogP contribution in [0.2, 0.25) is 5.02 Å². The van der Waals surface area contributed by atoms with Crippen molar-refractivity contribution < 1.29 is 27.8 Å². The largest absolute Gasteiger partial charge is 0.573 e. The molecule has 0 radical (unpaired) electrons. The van der Waals surface area contributed by atoms with E-state index in [-0.39, 0.29) is 11.3 Å². The second-order valence-corrected chi connectivity index (χ2v) is 8.83. The van der Waals surface area contributed by atoms with Crippen LogP contribution in [0.25, 0.3) is 0 Å². The van der Waals surface area contributed by atoms with Crippen LogP contribution in [0.5, 0.6) is 5.75 Å². The maximum absolute atomic E-state index is 13.8. The van der Waals surface area contributed by atoms with Crippen molar-refractivity contribution in [3.8, 4) is 11.8 Å². The van der Waals surface area contributed by atoms with Crippen molar-refractivity contribution in [2.24, 2.45) is 0 Å². The first-order valence-corrected chi connectivity index (χ1v) is 10.7. The molecule has 6 nitrogen and oxygen atoms in total. The monoisotopic (exact) mass is 501 g/mol. The van der Waals surface area contributed by atoms with Gasteiger partial charge in [0.05, 0.1) is 17.2 Å². The second-order valence-electron chi connectivity index (χ2n) is 8.40. The van der Waals surface area contributed by atoms with Gasteiger partial charge in [0.1, 0.15) is 5.75 Å². The first-order chi connectivity index (χ1) is 16.4. The summed E-state index contributed by atoms with van der Waals surface area (Å²) >= 11 is 6.01. The van der Waals surface area contributed by atoms with Gasteiger partial charge in [0, 0.05) is 22.0 Å². The van der Waals surface area contributed by atoms with Crippen molar-refractivity contribution in [1.82, 2.24) is 0 Å². The molecule has 0 saturated carbocycles. The van der Waals surface area contributed by atoms with Gasteiger partial charge in [-0.15, -0.1) is 13.2 Å². The third-order valence-electron chi connectivity index (χ3n) is 5.93. The van der Waals surface area contributed by atoms with Crippen molar-refractivity contribution in [2.45, 2.75) is 31.5 Å². The number of urea groups is 1. The molecule has 1 aliphatic rings. The van der Waals surface area contributed by atoms with E-state index in [0.29, 0.717) is 16.3 Å². The van der Waals surface area contributed by atoms with Gasteiger partial charge in [-0.25, -0.2) is 4.79 Å². The summed E-state index contributed by atoms with van der Waals surface area (Å²) < 4.78 is 42.7. The molecule has 1 unspecified atom stereocenters. The zero-order chi connectivity index (χ0) is 25.6. The molecular formula is C25H19ClF3N3O3. The van der Waals surface area contributed by atoms with Crippen molar-refractivity contribution in [3.05, 3.63) is 88.9 Å². The van der Waals surface area contributed by atoms with Gasteiger partial charge < -0.3 is 9.84 Å². The van der Waals surface area contributed by atoms with E-state index in [9.17, 15) is 23.1 Å². The highest BCUT2D eigenvalue weighted by molar-refractivity contribution is 6.30. The Labute approximate surface area is 204 Å². The highest BCUT2D eigenvalue weighted by Gasteiger charge is 2.64. The van der Waals surface area contributed by atoms with Crippen LogP contribution >= 0.6 is 11.6 Å². The van der Waals surface area contributed by atoms with Crippen molar-refractivity contribution in [2.75, 3.05) is 9.80 Å². The first kappa shape index (κ1) is 24.4. The number of nitrogens with zero attached hydrogens (tertiary/aromatic N) is 3. The van der Waals surface area contributed by atoms with E-state index in [1.165, 1.54) is 53.4 Å². The van der Waals surface area contributed by atoms with Crippen LogP contribution in [0.1, 0.15) is 25.0 Å². The van der Waals surface area contributed by atoms with Gasteiger partial charge in [0.25, 0.3) is 0 Å². The Morgan fingerprint density at radius 2 is 1.54 bits per heavy atom. The Morgan fingerprint density at radius 1 is 0.971 bits per heavy atom. The molecule has 10 heteroatoms. The highest BCUT2D eigenvalue weighted by atomic mass is 35.5. The molecule has 1 aliphatic heterocycles. The Balaban J connectivity index is 1.92. The van der Waals surface area contributed by atoms with E-state index in [1.807, 2.05) is 6.07 Å². The van der Waals surface area contributed by atoms with Crippen molar-refractivity contribution >= 4 is 29.0 Å². The molecule has 3 aromatic carbocycles. The second kappa shape index (κ2) is 8.48. The van der Waals surface area contributed by atoms with E-state index in [4.69, 9.17) is 16.9 Å². The lowest BCUT2D eigenvalue weighted by molar-refractivity contribution is -0.274. The third-order valence-corrected chi connectivity index (χ3v) is 6.18. The zero-order valence-electron chi connectivity index (χ0n) is 18.5. The number of rotatable bonds is 4. The topological polar surface area (TPSA) is 76.8 Å². The molecule has 35 heavy (non-hydrogen) atoms. The number of hydrogen-bond acceptors (Lipinski definition) is 4. The summed E-state index contributed by atoms with van der Waals surface area (Å²) in [6.45, 7) is 3.19. The fourth-order valence-electron chi connectivity index (χ4n) is 4.31. The molecule has 1 saturated heterocycles. The van der Waals surface area contributed by atoms with Crippen LogP contribution < -0.4 is 14.5 Å². The average Bonchev–Trinajstić information content (AvgIpc) is 2.95. The number of carbonyl (C=O) groups is 1. The lowest BCUT2D eigenvalue weighted by Crippen LogP contribution is -2.56. The Hall–Kier alpha value is -3.74. The fraction of sp³-hybridized carbons (Fsp3) is 0.200. The summed E-state index contributed by atoms with van der Waals surface area (Å²) in [6.07, 6.45) is -4.94. The van der Waals surface area contributed by atoms with Gasteiger partial charge in [0.2, 0.25) is 0 Å². The summed E-state index contributed by atoms with van der Waals surface area (Å²) in [5.74, 6) is -0.542. The molecule has 1 atom stereocenters. The molecule has 3 aromatic rings. The molecule has 0 bridgehead atoms. The molecular weight excluding hydrogens is 483 g/mol. The van der Waals surface area contributed by atoms with Crippen LogP contribution in [0.15, 0.2) is 72.8 Å². The first-order valence-electron chi connectivity index (χ1n) is 10.4. The van der Waals surface area contributed by atoms with Gasteiger partial charge in [-0.05, 0) is 74.5 Å². The molecule has 2 amide bonds. The van der Waals surface area contributed by atoms with Crippen molar-refractivity contribution in [3.63, 3.8) is 0 Å². The highest BCUT2D eigenvalue weighted by Crippen LogP contribution is 2.51. The number of carbonyl (C=O) groups excluding carboxylic acids is 1. The van der Waals surface area contributed by atoms with Crippen LogP contribution in [0.4, 0.5) is 29.3 Å². The predicted molar refractivity (Wildman–Crippen MR) is 124 cm³/mol. The molecule has 1 fully saturated rings. The molecule has 1 N–H and O–H groups in total. The minimum absolute atomic E-state index is 0.00342. The SMILES string of the molecule is CC1(C)N(c2ccc(C#N)cc2)C(=O)N(c2ccc(Cl)cc2)C1(O)c1cccc(OC(F)(F)F)c1. The van der Waals surface area contributed by atoms with Crippen molar-refractivity contribution in [1.29, 1.82) is 5.26 Å². The van der Waals surface area contributed by atoms with Crippen LogP contribution in [-0.4, -0.2) is 23.0 Å². The number of anilines is 2. The summed E-state index contributed by atoms with van der Waals surface area (Å²) in [5, 5.41) is 21.8. The Morgan fingerprint density at radius 3 is 2.11 bits per heavy atom. The number of alkyl halides is 3. The van der Waals surface area contributed by atoms with E-state index in [2.05, 4.69) is 4.74 Å². The number of aliphatic hydroxyl groups is 1. The number of ether oxygens (including phenoxy) is 1. The zero-order valence-corrected chi connectivity index (χ0v) is 19.3. The summed E-state index contributed by atoms with van der Waals surface area (Å²) in [4.78, 5) is 16.3. The van der Waals surface area contributed by atoms with E-state index < -0.39 is 29.4 Å². The molecule has 4 rings (SSSR count). The van der Waals surface area contributed by atoms with Gasteiger partial charge in [-0.3, -0.25) is 9.80 Å². The molecule has 0 spiro atoms. The maximum atomic E-state index is 13.8. The molecule has 0 aromatic heterocycles. The van der Waals surface area contributed by atoms with Crippen LogP contribution in [0.3, 0.4) is 0 Å². The number of halogens is 4. The number of hydrogen-bond donors (Lipinski definition) is 1. The van der Waals surface area contributed by atoms with Crippen LogP contribution in [-0.2, 0) is 5.72 Å². The normalized spacial score (nSPS) is 19.5. The van der Waals surface area contributed by atoms with E-state index >= 15 is 0 Å². The number of benzene rings is 3. The molecule has 180 valence electrons. The van der Waals surface area contributed by atoms with Gasteiger partial charge >= 0.3 is 12.4 Å². The maximum Gasteiger partial charge on any atom is 0.573 e. The summed E-state index contributed by atoms with van der Waals surface area (Å²) in [5.41, 5.74) is -2.51. The van der Waals surface area contributed by atoms with Gasteiger partial charge in [0.15, 0.2) is 5.72 Å². The average molecular weight is 502 g/mol. The summed E-state index contributed by atoms with van der Waals surface area (Å²) in [7, 11) is 0. The number of amides is 2. The fourth-order valence-corrected chi connectivity index (χ4v) is 4.43. The Kier molecular flexibility index (Phi) is 5.91. The minimum atomic E-state index is -4.94.